The van der Waals surface area contributed by atoms with Crippen LogP contribution in [0.25, 0.3) is 0 Å². The molecule has 0 aromatic heterocycles. The molecule has 1 spiro atoms. The lowest BCUT2D eigenvalue weighted by molar-refractivity contribution is -0.0549. The standard InChI is InChI=1S/C27H41NO2/c1-15-11-24-25(28-14-15)17(3)27(30-24)10-8-20-21-6-5-18-12-19(29)7-9-26(18,4)23(21)13-22(20)16(27)2/h5,15,17,19-21,23-25,28-29H,6-14H2,1-4H3/t15-,17+,19-,20-,21-,23-,24+,25-,26+,27-/m0/s1. The van der Waals surface area contributed by atoms with Crippen molar-refractivity contribution in [1.29, 1.82) is 0 Å². The molecule has 6 aliphatic rings. The molecular formula is C27H41NO2. The number of fused-ring (bicyclic) bond motifs is 6. The molecular weight excluding hydrogens is 370 g/mol. The summed E-state index contributed by atoms with van der Waals surface area (Å²) in [5, 5.41) is 14.1. The van der Waals surface area contributed by atoms with Gasteiger partial charge in [-0.2, -0.15) is 0 Å². The van der Waals surface area contributed by atoms with Gasteiger partial charge >= 0.3 is 0 Å². The Morgan fingerprint density at radius 3 is 2.83 bits per heavy atom. The van der Waals surface area contributed by atoms with E-state index in [1.165, 1.54) is 38.5 Å². The van der Waals surface area contributed by atoms with E-state index in [1.54, 1.807) is 16.7 Å². The first-order valence-corrected chi connectivity index (χ1v) is 12.8. The molecule has 4 fully saturated rings. The van der Waals surface area contributed by atoms with Gasteiger partial charge in [0, 0.05) is 12.0 Å². The zero-order valence-electron chi connectivity index (χ0n) is 19.4. The summed E-state index contributed by atoms with van der Waals surface area (Å²) in [6.45, 7) is 10.9. The van der Waals surface area contributed by atoms with Crippen LogP contribution in [0.5, 0.6) is 0 Å². The van der Waals surface area contributed by atoms with Crippen molar-refractivity contribution in [2.75, 3.05) is 6.54 Å². The van der Waals surface area contributed by atoms with Gasteiger partial charge in [-0.1, -0.05) is 38.0 Å². The molecule has 0 radical (unpaired) electrons. The van der Waals surface area contributed by atoms with E-state index in [-0.39, 0.29) is 11.7 Å². The first-order valence-electron chi connectivity index (χ1n) is 12.8. The minimum absolute atomic E-state index is 0.0222. The van der Waals surface area contributed by atoms with Crippen LogP contribution in [0.1, 0.15) is 79.1 Å². The maximum Gasteiger partial charge on any atom is 0.0937 e. The van der Waals surface area contributed by atoms with Crippen molar-refractivity contribution in [3.63, 3.8) is 0 Å². The molecule has 0 amide bonds. The third-order valence-corrected chi connectivity index (χ3v) is 10.9. The molecule has 3 nitrogen and oxygen atoms in total. The molecule has 30 heavy (non-hydrogen) atoms. The summed E-state index contributed by atoms with van der Waals surface area (Å²) in [7, 11) is 0. The highest BCUT2D eigenvalue weighted by atomic mass is 16.5. The average Bonchev–Trinajstić information content (AvgIpc) is 3.23. The summed E-state index contributed by atoms with van der Waals surface area (Å²) in [6, 6.07) is 0.530. The predicted molar refractivity (Wildman–Crippen MR) is 120 cm³/mol. The molecule has 10 atom stereocenters. The Balaban J connectivity index is 1.34. The van der Waals surface area contributed by atoms with E-state index in [2.05, 4.69) is 39.1 Å². The van der Waals surface area contributed by atoms with Gasteiger partial charge in [0.2, 0.25) is 0 Å². The first-order chi connectivity index (χ1) is 14.3. The molecule has 166 valence electrons. The Morgan fingerprint density at radius 1 is 1.17 bits per heavy atom. The van der Waals surface area contributed by atoms with E-state index in [4.69, 9.17) is 4.74 Å². The Labute approximate surface area is 182 Å². The smallest absolute Gasteiger partial charge is 0.0937 e. The number of aliphatic hydroxyl groups excluding tert-OH is 1. The second kappa shape index (κ2) is 6.68. The summed E-state index contributed by atoms with van der Waals surface area (Å²) in [5.41, 5.74) is 5.25. The average molecular weight is 412 g/mol. The molecule has 0 aromatic carbocycles. The topological polar surface area (TPSA) is 41.5 Å². The fraction of sp³-hybridized carbons (Fsp3) is 0.852. The molecule has 0 unspecified atom stereocenters. The van der Waals surface area contributed by atoms with E-state index < -0.39 is 0 Å². The summed E-state index contributed by atoms with van der Waals surface area (Å²) in [6.07, 6.45) is 12.2. The molecule has 2 saturated carbocycles. The summed E-state index contributed by atoms with van der Waals surface area (Å²) in [5.74, 6) is 3.64. The van der Waals surface area contributed by atoms with Crippen molar-refractivity contribution < 1.29 is 9.84 Å². The van der Waals surface area contributed by atoms with Crippen molar-refractivity contribution in [2.45, 2.75) is 103 Å². The highest BCUT2D eigenvalue weighted by molar-refractivity contribution is 5.38. The van der Waals surface area contributed by atoms with E-state index in [1.807, 2.05) is 0 Å². The predicted octanol–water partition coefficient (Wildman–Crippen LogP) is 5.00. The lowest BCUT2D eigenvalue weighted by atomic mass is 9.56. The number of piperidine rings is 1. The van der Waals surface area contributed by atoms with Gasteiger partial charge in [-0.25, -0.2) is 0 Å². The van der Waals surface area contributed by atoms with Crippen LogP contribution in [0.4, 0.5) is 0 Å². The van der Waals surface area contributed by atoms with Crippen LogP contribution in [0.3, 0.4) is 0 Å². The van der Waals surface area contributed by atoms with Crippen LogP contribution in [0, 0.1) is 35.0 Å². The summed E-state index contributed by atoms with van der Waals surface area (Å²) < 4.78 is 7.03. The van der Waals surface area contributed by atoms with Gasteiger partial charge in [0.25, 0.3) is 0 Å². The monoisotopic (exact) mass is 411 g/mol. The molecule has 2 N–H and O–H groups in total. The van der Waals surface area contributed by atoms with Crippen molar-refractivity contribution in [3.05, 3.63) is 22.8 Å². The van der Waals surface area contributed by atoms with Crippen LogP contribution >= 0.6 is 0 Å². The van der Waals surface area contributed by atoms with Crippen LogP contribution in [-0.4, -0.2) is 35.5 Å². The second-order valence-corrected chi connectivity index (χ2v) is 12.2. The normalized spacial score (nSPS) is 55.0. The van der Waals surface area contributed by atoms with E-state index in [9.17, 15) is 5.11 Å². The molecule has 2 aliphatic heterocycles. The van der Waals surface area contributed by atoms with Crippen LogP contribution < -0.4 is 5.32 Å². The zero-order valence-corrected chi connectivity index (χ0v) is 19.4. The quantitative estimate of drug-likeness (QED) is 0.551. The minimum atomic E-state index is -0.111. The van der Waals surface area contributed by atoms with Gasteiger partial charge < -0.3 is 15.2 Å². The van der Waals surface area contributed by atoms with Gasteiger partial charge in [0.05, 0.1) is 17.8 Å². The van der Waals surface area contributed by atoms with Crippen LogP contribution in [-0.2, 0) is 4.74 Å². The van der Waals surface area contributed by atoms with Crippen molar-refractivity contribution in [2.24, 2.45) is 35.0 Å². The lowest BCUT2D eigenvalue weighted by Crippen LogP contribution is -2.49. The fourth-order valence-corrected chi connectivity index (χ4v) is 9.09. The number of hydrogen-bond acceptors (Lipinski definition) is 3. The molecule has 2 heterocycles. The fourth-order valence-electron chi connectivity index (χ4n) is 9.09. The highest BCUT2D eigenvalue weighted by Gasteiger charge is 2.60. The first kappa shape index (κ1) is 20.0. The third-order valence-electron chi connectivity index (χ3n) is 10.9. The Hall–Kier alpha value is -0.640. The third kappa shape index (κ3) is 2.55. The number of ether oxygens (including phenoxy) is 1. The highest BCUT2D eigenvalue weighted by Crippen LogP contribution is 2.65. The second-order valence-electron chi connectivity index (χ2n) is 12.2. The van der Waals surface area contributed by atoms with Gasteiger partial charge in [-0.15, -0.1) is 0 Å². The molecule has 4 aliphatic carbocycles. The van der Waals surface area contributed by atoms with Crippen LogP contribution in [0.2, 0.25) is 0 Å². The molecule has 6 rings (SSSR count). The molecule has 0 bridgehead atoms. The van der Waals surface area contributed by atoms with Gasteiger partial charge in [-0.05, 0) is 99.5 Å². The molecule has 3 heteroatoms. The maximum atomic E-state index is 10.3. The van der Waals surface area contributed by atoms with E-state index in [0.29, 0.717) is 23.5 Å². The number of rotatable bonds is 0. The zero-order chi connectivity index (χ0) is 20.8. The Kier molecular flexibility index (Phi) is 4.46. The van der Waals surface area contributed by atoms with Gasteiger partial charge in [0.1, 0.15) is 0 Å². The van der Waals surface area contributed by atoms with E-state index in [0.717, 1.165) is 43.1 Å². The number of nitrogens with one attached hydrogen (secondary N) is 1. The van der Waals surface area contributed by atoms with Crippen molar-refractivity contribution in [3.8, 4) is 0 Å². The van der Waals surface area contributed by atoms with Gasteiger partial charge in [-0.3, -0.25) is 0 Å². The minimum Gasteiger partial charge on any atom is -0.393 e. The number of hydrogen-bond donors (Lipinski definition) is 2. The Morgan fingerprint density at radius 2 is 2.00 bits per heavy atom. The summed E-state index contributed by atoms with van der Waals surface area (Å²) >= 11 is 0. The summed E-state index contributed by atoms with van der Waals surface area (Å²) in [4.78, 5) is 0. The lowest BCUT2D eigenvalue weighted by Gasteiger charge is -2.49. The van der Waals surface area contributed by atoms with Gasteiger partial charge in [0.15, 0.2) is 0 Å². The SMILES string of the molecule is CC1=C2C[C@H]3[C@@H](CC=C4C[C@@H](O)CC[C@]43C)[C@@H]2CC[C@]12O[C@@H]1C[C@H](C)CN[C@H]1[C@H]2C. The molecule has 0 aromatic rings. The number of allylic oxidation sites excluding steroid dienone is 2. The van der Waals surface area contributed by atoms with Crippen LogP contribution in [0.15, 0.2) is 22.8 Å². The van der Waals surface area contributed by atoms with Crippen molar-refractivity contribution in [1.82, 2.24) is 5.32 Å². The number of aliphatic hydroxyl groups is 1. The van der Waals surface area contributed by atoms with Crippen molar-refractivity contribution >= 4 is 0 Å². The Bertz CT molecular complexity index is 801. The maximum absolute atomic E-state index is 10.3. The molecule has 2 saturated heterocycles. The van der Waals surface area contributed by atoms with E-state index >= 15 is 0 Å². The largest absolute Gasteiger partial charge is 0.393 e.